The number of phosphoric ester groups is 1. The smallest absolute Gasteiger partial charge is 0.469 e. The third-order valence-electron chi connectivity index (χ3n) is 7.31. The molecule has 0 aromatic heterocycles. The summed E-state index contributed by atoms with van der Waals surface area (Å²) in [6.07, 6.45) is 15.4. The van der Waals surface area contributed by atoms with E-state index >= 15 is 0 Å². The normalized spacial score (nSPS) is 14.7. The second-order valence-corrected chi connectivity index (χ2v) is 13.7. The van der Waals surface area contributed by atoms with E-state index in [1.54, 1.807) is 0 Å². The van der Waals surface area contributed by atoms with Crippen LogP contribution in [0.3, 0.4) is 0 Å². The number of rotatable bonds is 30. The monoisotopic (exact) mass is 640 g/mol. The van der Waals surface area contributed by atoms with Gasteiger partial charge in [0.15, 0.2) is 0 Å². The van der Waals surface area contributed by atoms with Crippen LogP contribution in [0.15, 0.2) is 0 Å². The zero-order valence-corrected chi connectivity index (χ0v) is 28.7. The van der Waals surface area contributed by atoms with Gasteiger partial charge in [-0.25, -0.2) is 4.57 Å². The number of phosphoric acid groups is 1. The van der Waals surface area contributed by atoms with Gasteiger partial charge in [-0.05, 0) is 25.7 Å². The Labute approximate surface area is 261 Å². The number of ether oxygens (including phenoxy) is 3. The number of aliphatic hydroxyl groups is 1. The summed E-state index contributed by atoms with van der Waals surface area (Å²) in [4.78, 5) is 32.8. The quantitative estimate of drug-likeness (QED) is 0.0420. The van der Waals surface area contributed by atoms with Gasteiger partial charge in [0, 0.05) is 19.4 Å². The van der Waals surface area contributed by atoms with E-state index in [2.05, 4.69) is 9.47 Å². The molecule has 0 saturated heterocycles. The molecular weight excluding hydrogens is 577 g/mol. The summed E-state index contributed by atoms with van der Waals surface area (Å²) in [5.74, 6) is -0.406. The van der Waals surface area contributed by atoms with Crippen LogP contribution in [0.1, 0.15) is 116 Å². The fourth-order valence-electron chi connectivity index (χ4n) is 4.59. The summed E-state index contributed by atoms with van der Waals surface area (Å²) in [7, 11) is 4.33. The summed E-state index contributed by atoms with van der Waals surface area (Å²) in [6.45, 7) is 0.542. The van der Waals surface area contributed by atoms with Crippen molar-refractivity contribution in [2.45, 2.75) is 128 Å². The number of carbonyl (C=O) groups excluding carboxylic acids is 2. The number of hydrogen-bond acceptors (Lipinski definition) is 9. The second-order valence-electron chi connectivity index (χ2n) is 12.3. The zero-order valence-electron chi connectivity index (χ0n) is 27.8. The number of methoxy groups -OCH3 is 2. The first-order valence-corrected chi connectivity index (χ1v) is 17.8. The van der Waals surface area contributed by atoms with Crippen molar-refractivity contribution in [3.8, 4) is 0 Å². The average molecular weight is 641 g/mol. The molecule has 0 bridgehead atoms. The Morgan fingerprint density at radius 3 is 1.56 bits per heavy atom. The summed E-state index contributed by atoms with van der Waals surface area (Å²) < 4.78 is 39.2. The molecule has 1 unspecified atom stereocenters. The van der Waals surface area contributed by atoms with Gasteiger partial charge in [-0.3, -0.25) is 18.6 Å². The minimum absolute atomic E-state index is 0.0687. The molecule has 0 aromatic rings. The van der Waals surface area contributed by atoms with E-state index in [9.17, 15) is 24.2 Å². The van der Waals surface area contributed by atoms with Crippen LogP contribution in [0.2, 0.25) is 0 Å². The Hall–Kier alpha value is -1.07. The molecular formula is C31H63NO10P+. The van der Waals surface area contributed by atoms with Crippen LogP contribution in [-0.2, 0) is 37.4 Å². The molecule has 12 heteroatoms. The van der Waals surface area contributed by atoms with Crippen molar-refractivity contribution in [3.63, 3.8) is 0 Å². The van der Waals surface area contributed by atoms with Crippen LogP contribution in [-0.4, -0.2) is 100 Å². The van der Waals surface area contributed by atoms with Gasteiger partial charge in [0.25, 0.3) is 0 Å². The van der Waals surface area contributed by atoms with E-state index in [0.717, 1.165) is 38.5 Å². The molecule has 256 valence electrons. The molecule has 0 fully saturated rings. The molecule has 11 nitrogen and oxygen atoms in total. The first kappa shape index (κ1) is 41.9. The highest BCUT2D eigenvalue weighted by Gasteiger charge is 2.32. The van der Waals surface area contributed by atoms with Gasteiger partial charge in [-0.2, -0.15) is 0 Å². The second kappa shape index (κ2) is 26.2. The number of nitrogens with zero attached hydrogens (tertiary/aromatic N) is 1. The minimum atomic E-state index is -4.34. The number of carbonyl (C=O) groups is 2. The third kappa shape index (κ3) is 27.0. The Morgan fingerprint density at radius 1 is 0.674 bits per heavy atom. The maximum absolute atomic E-state index is 12.7. The molecule has 0 saturated carbocycles. The predicted molar refractivity (Wildman–Crippen MR) is 168 cm³/mol. The Bertz CT molecular complexity index is 747. The van der Waals surface area contributed by atoms with E-state index in [1.165, 1.54) is 59.2 Å². The zero-order chi connectivity index (χ0) is 32.4. The lowest BCUT2D eigenvalue weighted by Gasteiger charge is -2.28. The number of quaternary nitrogens is 1. The Balaban J connectivity index is 4.38. The van der Waals surface area contributed by atoms with Crippen LogP contribution in [0, 0.1) is 0 Å². The molecule has 0 aliphatic carbocycles. The first-order chi connectivity index (χ1) is 20.4. The maximum atomic E-state index is 12.7. The van der Waals surface area contributed by atoms with Crippen LogP contribution in [0.4, 0.5) is 0 Å². The molecule has 0 amide bonds. The molecule has 43 heavy (non-hydrogen) atoms. The van der Waals surface area contributed by atoms with Crippen molar-refractivity contribution in [2.24, 2.45) is 0 Å². The van der Waals surface area contributed by atoms with E-state index in [0.29, 0.717) is 36.7 Å². The molecule has 3 atom stereocenters. The summed E-state index contributed by atoms with van der Waals surface area (Å²) in [5, 5.41) is 9.99. The van der Waals surface area contributed by atoms with Crippen molar-refractivity contribution in [1.29, 1.82) is 0 Å². The standard InChI is InChI=1S/C31H62NO10P/c1-32(2,3)24-26-41-43(36,37)42-28(29(27-33)40-25-20-19-23-31(35)39-5)21-17-15-13-11-9-7-6-8-10-12-14-16-18-22-30(34)38-4/h28-29,33H,6-27H2,1-5H3/p+1/t28-,29+/m1/s1. The number of likely N-dealkylation sites (N-methyl/N-ethyl adjacent to an activating group) is 1. The summed E-state index contributed by atoms with van der Waals surface area (Å²) in [5.41, 5.74) is 0. The van der Waals surface area contributed by atoms with E-state index in [-0.39, 0.29) is 38.2 Å². The Morgan fingerprint density at radius 2 is 1.12 bits per heavy atom. The predicted octanol–water partition coefficient (Wildman–Crippen LogP) is 5.94. The lowest BCUT2D eigenvalue weighted by atomic mass is 10.0. The minimum Gasteiger partial charge on any atom is -0.469 e. The van der Waals surface area contributed by atoms with Gasteiger partial charge in [0.05, 0.1) is 48.1 Å². The first-order valence-electron chi connectivity index (χ1n) is 16.3. The van der Waals surface area contributed by atoms with Crippen LogP contribution >= 0.6 is 7.82 Å². The van der Waals surface area contributed by atoms with Crippen LogP contribution in [0.5, 0.6) is 0 Å². The lowest BCUT2D eigenvalue weighted by molar-refractivity contribution is -0.870. The average Bonchev–Trinajstić information content (AvgIpc) is 2.95. The highest BCUT2D eigenvalue weighted by Crippen LogP contribution is 2.46. The molecule has 0 aromatic carbocycles. The number of unbranched alkanes of at least 4 members (excludes halogenated alkanes) is 13. The molecule has 0 rings (SSSR count). The van der Waals surface area contributed by atoms with Gasteiger partial charge in [-0.15, -0.1) is 0 Å². The fraction of sp³-hybridized carbons (Fsp3) is 0.935. The molecule has 0 radical (unpaired) electrons. The molecule has 0 heterocycles. The SMILES string of the molecule is COC(=O)CCCCCCCCCCCCCCC[C@@H](OP(=O)(O)OCC[N+](C)(C)C)[C@H](CO)OCCCCC(=O)OC. The van der Waals surface area contributed by atoms with Gasteiger partial charge in [-0.1, -0.05) is 77.0 Å². The number of esters is 2. The summed E-state index contributed by atoms with van der Waals surface area (Å²) >= 11 is 0. The van der Waals surface area contributed by atoms with Gasteiger partial charge in [0.2, 0.25) is 0 Å². The fourth-order valence-corrected chi connectivity index (χ4v) is 5.54. The third-order valence-corrected chi connectivity index (χ3v) is 8.36. The van der Waals surface area contributed by atoms with Crippen molar-refractivity contribution >= 4 is 19.8 Å². The highest BCUT2D eigenvalue weighted by atomic mass is 31.2. The van der Waals surface area contributed by atoms with E-state index in [4.69, 9.17) is 13.8 Å². The maximum Gasteiger partial charge on any atom is 0.472 e. The molecule has 0 aliphatic heterocycles. The van der Waals surface area contributed by atoms with Crippen molar-refractivity contribution in [3.05, 3.63) is 0 Å². The number of hydrogen-bond donors (Lipinski definition) is 2. The van der Waals surface area contributed by atoms with Crippen LogP contribution < -0.4 is 0 Å². The lowest BCUT2D eigenvalue weighted by Crippen LogP contribution is -2.38. The molecule has 2 N–H and O–H groups in total. The molecule has 0 spiro atoms. The van der Waals surface area contributed by atoms with Gasteiger partial charge >= 0.3 is 19.8 Å². The molecule has 0 aliphatic rings. The van der Waals surface area contributed by atoms with Gasteiger partial charge in [0.1, 0.15) is 19.3 Å². The number of aliphatic hydroxyl groups excluding tert-OH is 1. The van der Waals surface area contributed by atoms with E-state index < -0.39 is 20.0 Å². The van der Waals surface area contributed by atoms with E-state index in [1.807, 2.05) is 21.1 Å². The largest absolute Gasteiger partial charge is 0.472 e. The summed E-state index contributed by atoms with van der Waals surface area (Å²) in [6, 6.07) is 0. The van der Waals surface area contributed by atoms with Crippen LogP contribution in [0.25, 0.3) is 0 Å². The van der Waals surface area contributed by atoms with Gasteiger partial charge < -0.3 is 28.7 Å². The van der Waals surface area contributed by atoms with Crippen molar-refractivity contribution < 1.29 is 51.9 Å². The highest BCUT2D eigenvalue weighted by molar-refractivity contribution is 7.47. The topological polar surface area (TPSA) is 138 Å². The van der Waals surface area contributed by atoms with Crippen molar-refractivity contribution in [1.82, 2.24) is 0 Å². The van der Waals surface area contributed by atoms with Crippen molar-refractivity contribution in [2.75, 3.05) is 61.7 Å². The Kier molecular flexibility index (Phi) is 25.5.